The van der Waals surface area contributed by atoms with Gasteiger partial charge in [0.2, 0.25) is 0 Å². The lowest BCUT2D eigenvalue weighted by atomic mass is 9.88. The summed E-state index contributed by atoms with van der Waals surface area (Å²) in [6, 6.07) is 10.6. The predicted molar refractivity (Wildman–Crippen MR) is 121 cm³/mol. The van der Waals surface area contributed by atoms with Crippen LogP contribution >= 0.6 is 0 Å². The third kappa shape index (κ3) is 6.03. The van der Waals surface area contributed by atoms with Crippen molar-refractivity contribution in [2.45, 2.75) is 65.0 Å². The van der Waals surface area contributed by atoms with Gasteiger partial charge in [-0.1, -0.05) is 54.7 Å². The Balaban J connectivity index is 2.27. The zero-order valence-electron chi connectivity index (χ0n) is 19.3. The summed E-state index contributed by atoms with van der Waals surface area (Å²) in [4.78, 5) is 0. The average molecular weight is 420 g/mol. The second-order valence-electron chi connectivity index (χ2n) is 9.09. The van der Waals surface area contributed by atoms with Crippen molar-refractivity contribution >= 4 is 20.4 Å². The topological polar surface area (TPSA) is 46.2 Å². The van der Waals surface area contributed by atoms with Crippen molar-refractivity contribution in [3.05, 3.63) is 41.5 Å². The molecular formula is C22H37BO5Si. The molecule has 0 saturated carbocycles. The molecule has 0 aliphatic carbocycles. The van der Waals surface area contributed by atoms with Gasteiger partial charge in [0.25, 0.3) is 0 Å². The fraction of sp³-hybridized carbons (Fsp3) is 0.636. The normalized spacial score (nSPS) is 20.1. The first-order chi connectivity index (χ1) is 13.5. The minimum absolute atomic E-state index is 0.123. The van der Waals surface area contributed by atoms with Crippen LogP contribution in [0.25, 0.3) is 0 Å². The summed E-state index contributed by atoms with van der Waals surface area (Å²) in [5, 5.41) is 2.52. The molecule has 0 aromatic heterocycles. The minimum atomic E-state index is -2.05. The van der Waals surface area contributed by atoms with Crippen LogP contribution in [0.15, 0.2) is 41.5 Å². The molecule has 0 radical (unpaired) electrons. The summed E-state index contributed by atoms with van der Waals surface area (Å²) in [6.45, 7) is 16.3. The molecule has 2 rings (SSSR count). The minimum Gasteiger partial charge on any atom is -0.400 e. The molecular weight excluding hydrogens is 383 g/mol. The molecule has 1 aromatic rings. The van der Waals surface area contributed by atoms with E-state index in [0.717, 1.165) is 0 Å². The van der Waals surface area contributed by atoms with Crippen molar-refractivity contribution in [2.75, 3.05) is 27.1 Å². The van der Waals surface area contributed by atoms with Gasteiger partial charge in [-0.15, -0.1) is 0 Å². The Morgan fingerprint density at radius 1 is 1.07 bits per heavy atom. The summed E-state index contributed by atoms with van der Waals surface area (Å²) in [6.07, 6.45) is 2.04. The molecule has 1 saturated heterocycles. The highest BCUT2D eigenvalue weighted by Crippen LogP contribution is 2.40. The maximum absolute atomic E-state index is 6.43. The number of ether oxygens (including phenoxy) is 3. The smallest absolute Gasteiger partial charge is 0.400 e. The summed E-state index contributed by atoms with van der Waals surface area (Å²) in [5.41, 5.74) is -0.767. The molecule has 1 aromatic carbocycles. The SMILES string of the molecule is COCCOCO[C@@H](C)/C=C(\B1OC(C)(C)C(C)(C)O1)[Si](C)(C)c1ccccc1. The molecule has 1 aliphatic rings. The van der Waals surface area contributed by atoms with E-state index in [1.54, 1.807) is 7.11 Å². The van der Waals surface area contributed by atoms with Crippen LogP contribution < -0.4 is 5.19 Å². The van der Waals surface area contributed by atoms with Gasteiger partial charge in [-0.2, -0.15) is 0 Å². The van der Waals surface area contributed by atoms with E-state index < -0.39 is 8.07 Å². The number of hydrogen-bond donors (Lipinski definition) is 0. The van der Waals surface area contributed by atoms with E-state index in [0.29, 0.717) is 13.2 Å². The van der Waals surface area contributed by atoms with E-state index in [2.05, 4.69) is 77.2 Å². The number of hydrogen-bond acceptors (Lipinski definition) is 5. The molecule has 162 valence electrons. The third-order valence-corrected chi connectivity index (χ3v) is 9.61. The highest BCUT2D eigenvalue weighted by atomic mass is 28.3. The molecule has 1 aliphatic heterocycles. The lowest BCUT2D eigenvalue weighted by Crippen LogP contribution is -2.50. The van der Waals surface area contributed by atoms with Crippen LogP contribution in [-0.2, 0) is 23.5 Å². The van der Waals surface area contributed by atoms with Crippen LogP contribution in [0.2, 0.25) is 13.1 Å². The lowest BCUT2D eigenvalue weighted by molar-refractivity contribution is -0.0803. The van der Waals surface area contributed by atoms with Crippen LogP contribution in [0.4, 0.5) is 0 Å². The lowest BCUT2D eigenvalue weighted by Gasteiger charge is -2.32. The highest BCUT2D eigenvalue weighted by Gasteiger charge is 2.54. The number of benzene rings is 1. The van der Waals surface area contributed by atoms with Crippen molar-refractivity contribution in [2.24, 2.45) is 0 Å². The Hall–Kier alpha value is -0.958. The van der Waals surface area contributed by atoms with Gasteiger partial charge >= 0.3 is 7.12 Å². The van der Waals surface area contributed by atoms with Gasteiger partial charge in [0.15, 0.2) is 0 Å². The van der Waals surface area contributed by atoms with Crippen LogP contribution in [0.3, 0.4) is 0 Å². The molecule has 0 amide bonds. The zero-order chi connectivity index (χ0) is 21.7. The molecule has 1 atom stereocenters. The first-order valence-electron chi connectivity index (χ1n) is 10.3. The van der Waals surface area contributed by atoms with Crippen LogP contribution in [0, 0.1) is 0 Å². The molecule has 1 heterocycles. The molecule has 1 fully saturated rings. The van der Waals surface area contributed by atoms with Crippen molar-refractivity contribution in [1.82, 2.24) is 0 Å². The monoisotopic (exact) mass is 420 g/mol. The fourth-order valence-electron chi connectivity index (χ4n) is 3.23. The van der Waals surface area contributed by atoms with E-state index in [9.17, 15) is 0 Å². The molecule has 0 spiro atoms. The Labute approximate surface area is 177 Å². The molecule has 5 nitrogen and oxygen atoms in total. The van der Waals surface area contributed by atoms with E-state index in [-0.39, 0.29) is 31.2 Å². The predicted octanol–water partition coefficient (Wildman–Crippen LogP) is 3.72. The molecule has 0 bridgehead atoms. The van der Waals surface area contributed by atoms with Gasteiger partial charge < -0.3 is 23.5 Å². The van der Waals surface area contributed by atoms with Crippen LogP contribution in [0.5, 0.6) is 0 Å². The van der Waals surface area contributed by atoms with Gasteiger partial charge in [0.1, 0.15) is 14.9 Å². The van der Waals surface area contributed by atoms with E-state index >= 15 is 0 Å². The van der Waals surface area contributed by atoms with Gasteiger partial charge in [0.05, 0.1) is 30.5 Å². The fourth-order valence-corrected chi connectivity index (χ4v) is 5.95. The summed E-state index contributed by atoms with van der Waals surface area (Å²) < 4.78 is 29.2. The Morgan fingerprint density at radius 3 is 2.21 bits per heavy atom. The largest absolute Gasteiger partial charge is 0.486 e. The van der Waals surface area contributed by atoms with Gasteiger partial charge in [-0.3, -0.25) is 0 Å². The second-order valence-corrected chi connectivity index (χ2v) is 13.5. The molecule has 0 unspecified atom stereocenters. The van der Waals surface area contributed by atoms with E-state index in [1.807, 2.05) is 6.92 Å². The summed E-state index contributed by atoms with van der Waals surface area (Å²) in [5.74, 6) is 0. The van der Waals surface area contributed by atoms with Gasteiger partial charge in [0, 0.05) is 7.11 Å². The van der Waals surface area contributed by atoms with Gasteiger partial charge in [-0.05, 0) is 39.7 Å². The zero-order valence-corrected chi connectivity index (χ0v) is 20.3. The van der Waals surface area contributed by atoms with Crippen LogP contribution in [-0.4, -0.2) is 59.6 Å². The molecule has 29 heavy (non-hydrogen) atoms. The third-order valence-electron chi connectivity index (χ3n) is 5.98. The summed E-state index contributed by atoms with van der Waals surface area (Å²) >= 11 is 0. The van der Waals surface area contributed by atoms with Crippen molar-refractivity contribution < 1.29 is 23.5 Å². The Kier molecular flexibility index (Phi) is 8.30. The maximum atomic E-state index is 6.43. The number of rotatable bonds is 10. The van der Waals surface area contributed by atoms with Crippen molar-refractivity contribution in [3.63, 3.8) is 0 Å². The number of methoxy groups -OCH3 is 1. The Bertz CT molecular complexity index is 659. The van der Waals surface area contributed by atoms with E-state index in [1.165, 1.54) is 10.3 Å². The van der Waals surface area contributed by atoms with Gasteiger partial charge in [-0.25, -0.2) is 0 Å². The highest BCUT2D eigenvalue weighted by molar-refractivity contribution is 7.04. The first-order valence-corrected chi connectivity index (χ1v) is 13.3. The standard InChI is InChI=1S/C22H37BO5Si/c1-18(26-17-25-15-14-24-6)16-20(23-27-21(2,3)22(4,5)28-23)29(7,8)19-12-10-9-11-13-19/h9-13,16,18H,14-15,17H2,1-8H3/b20-16+/t18-/m0/s1. The second kappa shape index (κ2) is 9.90. The summed E-state index contributed by atoms with van der Waals surface area (Å²) in [7, 11) is -0.783. The van der Waals surface area contributed by atoms with Crippen LogP contribution in [0.1, 0.15) is 34.6 Å². The quantitative estimate of drug-likeness (QED) is 0.328. The maximum Gasteiger partial charge on any atom is 0.486 e. The first kappa shape index (κ1) is 24.3. The van der Waals surface area contributed by atoms with Crippen molar-refractivity contribution in [3.8, 4) is 0 Å². The Morgan fingerprint density at radius 2 is 1.66 bits per heavy atom. The average Bonchev–Trinajstić information content (AvgIpc) is 2.87. The van der Waals surface area contributed by atoms with Crippen molar-refractivity contribution in [1.29, 1.82) is 0 Å². The molecule has 0 N–H and O–H groups in total. The molecule has 7 heteroatoms. The van der Waals surface area contributed by atoms with E-state index in [4.69, 9.17) is 23.5 Å².